The van der Waals surface area contributed by atoms with Gasteiger partial charge in [0.15, 0.2) is 0 Å². The summed E-state index contributed by atoms with van der Waals surface area (Å²) in [5.41, 5.74) is -0.142. The Kier molecular flexibility index (Phi) is 4.50. The van der Waals surface area contributed by atoms with E-state index in [2.05, 4.69) is 5.32 Å². The fraction of sp³-hybridized carbons (Fsp3) is 0.600. The summed E-state index contributed by atoms with van der Waals surface area (Å²) in [5, 5.41) is 3.27. The second-order valence-electron chi connectivity index (χ2n) is 5.33. The van der Waals surface area contributed by atoms with Crippen molar-refractivity contribution in [1.82, 2.24) is 5.32 Å². The van der Waals surface area contributed by atoms with Crippen LogP contribution in [0.3, 0.4) is 0 Å². The third-order valence-electron chi connectivity index (χ3n) is 3.47. The molecule has 0 saturated carbocycles. The minimum Gasteiger partial charge on any atom is -0.496 e. The predicted octanol–water partition coefficient (Wildman–Crippen LogP) is 2.57. The van der Waals surface area contributed by atoms with Gasteiger partial charge in [0.2, 0.25) is 0 Å². The summed E-state index contributed by atoms with van der Waals surface area (Å²) in [6.07, 6.45) is -0.107. The zero-order valence-electron chi connectivity index (χ0n) is 12.5. The molecule has 112 valence electrons. The van der Waals surface area contributed by atoms with Crippen LogP contribution in [-0.2, 0) is 10.4 Å². The highest BCUT2D eigenvalue weighted by molar-refractivity contribution is 5.49. The van der Waals surface area contributed by atoms with Crippen molar-refractivity contribution in [3.63, 3.8) is 0 Å². The first-order chi connectivity index (χ1) is 9.47. The smallest absolute Gasteiger partial charge is 0.134 e. The summed E-state index contributed by atoms with van der Waals surface area (Å²) in [5.74, 6) is 1.14. The van der Waals surface area contributed by atoms with Gasteiger partial charge in [0.1, 0.15) is 17.2 Å². The molecule has 2 rings (SSSR count). The highest BCUT2D eigenvalue weighted by Gasteiger charge is 2.28. The lowest BCUT2D eigenvalue weighted by Crippen LogP contribution is -2.33. The van der Waals surface area contributed by atoms with Crippen LogP contribution in [0.1, 0.15) is 31.1 Å². The molecule has 0 amide bonds. The van der Waals surface area contributed by atoms with E-state index in [0.29, 0.717) is 30.2 Å². The molecule has 1 aromatic rings. The van der Waals surface area contributed by atoms with E-state index < -0.39 is 5.67 Å². The first-order valence-electron chi connectivity index (χ1n) is 6.75. The number of hydrogen-bond donors (Lipinski definition) is 1. The molecular weight excluding hydrogens is 261 g/mol. The lowest BCUT2D eigenvalue weighted by atomic mass is 9.95. The van der Waals surface area contributed by atoms with Gasteiger partial charge in [-0.1, -0.05) is 0 Å². The van der Waals surface area contributed by atoms with Crippen LogP contribution in [0.4, 0.5) is 4.39 Å². The fourth-order valence-corrected chi connectivity index (χ4v) is 2.40. The summed E-state index contributed by atoms with van der Waals surface area (Å²) in [4.78, 5) is 0. The van der Waals surface area contributed by atoms with E-state index in [1.54, 1.807) is 20.3 Å². The summed E-state index contributed by atoms with van der Waals surface area (Å²) in [6.45, 7) is 5.20. The van der Waals surface area contributed by atoms with E-state index in [9.17, 15) is 4.39 Å². The largest absolute Gasteiger partial charge is 0.496 e. The van der Waals surface area contributed by atoms with E-state index in [1.807, 2.05) is 6.07 Å². The van der Waals surface area contributed by atoms with Crippen molar-refractivity contribution in [3.8, 4) is 11.5 Å². The van der Waals surface area contributed by atoms with E-state index >= 15 is 0 Å². The monoisotopic (exact) mass is 283 g/mol. The van der Waals surface area contributed by atoms with Crippen LogP contribution < -0.4 is 14.8 Å². The summed E-state index contributed by atoms with van der Waals surface area (Å²) >= 11 is 0. The molecule has 5 heteroatoms. The molecule has 0 radical (unpaired) electrons. The number of halogens is 1. The normalized spacial score (nSPS) is 19.8. The van der Waals surface area contributed by atoms with Gasteiger partial charge in [0.05, 0.1) is 26.9 Å². The van der Waals surface area contributed by atoms with Crippen molar-refractivity contribution in [2.45, 2.75) is 25.6 Å². The number of methoxy groups -OCH3 is 2. The highest BCUT2D eigenvalue weighted by Crippen LogP contribution is 2.40. The van der Waals surface area contributed by atoms with Crippen molar-refractivity contribution >= 4 is 0 Å². The Balaban J connectivity index is 2.46. The van der Waals surface area contributed by atoms with E-state index in [0.717, 1.165) is 12.1 Å². The second-order valence-corrected chi connectivity index (χ2v) is 5.33. The van der Waals surface area contributed by atoms with Crippen LogP contribution in [0.2, 0.25) is 0 Å². The van der Waals surface area contributed by atoms with Gasteiger partial charge in [-0.3, -0.25) is 0 Å². The molecule has 20 heavy (non-hydrogen) atoms. The van der Waals surface area contributed by atoms with E-state index in [4.69, 9.17) is 14.2 Å². The molecular formula is C15H22FNO3. The molecule has 1 fully saturated rings. The zero-order chi connectivity index (χ0) is 14.8. The van der Waals surface area contributed by atoms with Crippen LogP contribution >= 0.6 is 0 Å². The number of nitrogens with one attached hydrogen (secondary N) is 1. The molecule has 4 nitrogen and oxygen atoms in total. The molecule has 0 aromatic heterocycles. The lowest BCUT2D eigenvalue weighted by molar-refractivity contribution is 0.0260. The van der Waals surface area contributed by atoms with Crippen LogP contribution in [0.5, 0.6) is 11.5 Å². The third-order valence-corrected chi connectivity index (χ3v) is 3.47. The maximum atomic E-state index is 14.3. The Hall–Kier alpha value is -1.33. The maximum Gasteiger partial charge on any atom is 0.134 e. The quantitative estimate of drug-likeness (QED) is 0.922. The van der Waals surface area contributed by atoms with Gasteiger partial charge in [0.25, 0.3) is 0 Å². The second kappa shape index (κ2) is 5.97. The minimum absolute atomic E-state index is 0.107. The SMILES string of the molecule is COc1cc(C(C)(C)F)c(OC)cc1C1CNCCO1. The molecule has 0 bridgehead atoms. The molecule has 1 heterocycles. The molecule has 1 saturated heterocycles. The lowest BCUT2D eigenvalue weighted by Gasteiger charge is -2.27. The van der Waals surface area contributed by atoms with E-state index in [-0.39, 0.29) is 6.10 Å². The zero-order valence-corrected chi connectivity index (χ0v) is 12.5. The van der Waals surface area contributed by atoms with Gasteiger partial charge in [-0.05, 0) is 26.0 Å². The predicted molar refractivity (Wildman–Crippen MR) is 75.2 cm³/mol. The van der Waals surface area contributed by atoms with Crippen LogP contribution in [0.25, 0.3) is 0 Å². The van der Waals surface area contributed by atoms with Crippen LogP contribution in [0.15, 0.2) is 12.1 Å². The van der Waals surface area contributed by atoms with Gasteiger partial charge in [-0.2, -0.15) is 0 Å². The molecule has 1 N–H and O–H groups in total. The van der Waals surface area contributed by atoms with Gasteiger partial charge in [0, 0.05) is 24.2 Å². The number of morpholine rings is 1. The van der Waals surface area contributed by atoms with Gasteiger partial charge < -0.3 is 19.5 Å². The van der Waals surface area contributed by atoms with E-state index in [1.165, 1.54) is 13.8 Å². The Bertz CT molecular complexity index is 465. The molecule has 1 atom stereocenters. The molecule has 0 aliphatic carbocycles. The van der Waals surface area contributed by atoms with Gasteiger partial charge in [-0.15, -0.1) is 0 Å². The van der Waals surface area contributed by atoms with Gasteiger partial charge >= 0.3 is 0 Å². The standard InChI is InChI=1S/C15H22FNO3/c1-15(2,16)11-8-12(18-3)10(7-13(11)19-4)14-9-17-5-6-20-14/h7-8,14,17H,5-6,9H2,1-4H3. The summed E-state index contributed by atoms with van der Waals surface area (Å²) in [7, 11) is 3.12. The average Bonchev–Trinajstić information content (AvgIpc) is 2.45. The van der Waals surface area contributed by atoms with Crippen molar-refractivity contribution < 1.29 is 18.6 Å². The first-order valence-corrected chi connectivity index (χ1v) is 6.75. The number of alkyl halides is 1. The first kappa shape index (κ1) is 15.1. The molecule has 1 aromatic carbocycles. The molecule has 1 aliphatic rings. The Labute approximate surface area is 119 Å². The van der Waals surface area contributed by atoms with Crippen LogP contribution in [0, 0.1) is 0 Å². The Morgan fingerprint density at radius 3 is 2.45 bits per heavy atom. The van der Waals surface area contributed by atoms with Gasteiger partial charge in [-0.25, -0.2) is 4.39 Å². The summed E-state index contributed by atoms with van der Waals surface area (Å²) in [6, 6.07) is 3.51. The molecule has 0 spiro atoms. The van der Waals surface area contributed by atoms with Crippen molar-refractivity contribution in [3.05, 3.63) is 23.3 Å². The topological polar surface area (TPSA) is 39.7 Å². The number of benzene rings is 1. The minimum atomic E-state index is -1.50. The van der Waals surface area contributed by atoms with Crippen LogP contribution in [-0.4, -0.2) is 33.9 Å². The fourth-order valence-electron chi connectivity index (χ4n) is 2.40. The number of rotatable bonds is 4. The Morgan fingerprint density at radius 1 is 1.25 bits per heavy atom. The maximum absolute atomic E-state index is 14.3. The van der Waals surface area contributed by atoms with Crippen molar-refractivity contribution in [1.29, 1.82) is 0 Å². The van der Waals surface area contributed by atoms with Crippen molar-refractivity contribution in [2.24, 2.45) is 0 Å². The Morgan fingerprint density at radius 2 is 1.95 bits per heavy atom. The number of hydrogen-bond acceptors (Lipinski definition) is 4. The number of ether oxygens (including phenoxy) is 3. The highest BCUT2D eigenvalue weighted by atomic mass is 19.1. The summed E-state index contributed by atoms with van der Waals surface area (Å²) < 4.78 is 30.8. The third kappa shape index (κ3) is 3.04. The average molecular weight is 283 g/mol. The van der Waals surface area contributed by atoms with Crippen molar-refractivity contribution in [2.75, 3.05) is 33.9 Å². The molecule has 1 unspecified atom stereocenters. The molecule has 1 aliphatic heterocycles.